The highest BCUT2D eigenvalue weighted by molar-refractivity contribution is 6.35. The van der Waals surface area contributed by atoms with Crippen LogP contribution in [0.25, 0.3) is 0 Å². The first-order valence-electron chi connectivity index (χ1n) is 6.29. The van der Waals surface area contributed by atoms with Crippen molar-refractivity contribution < 1.29 is 14.4 Å². The molecular formula is C15H12Cl2N2O3. The molecule has 0 aliphatic carbocycles. The summed E-state index contributed by atoms with van der Waals surface area (Å²) >= 11 is 11.7. The molecule has 5 nitrogen and oxygen atoms in total. The molecule has 0 saturated carbocycles. The Morgan fingerprint density at radius 3 is 2.64 bits per heavy atom. The van der Waals surface area contributed by atoms with Gasteiger partial charge in [0.2, 0.25) is 0 Å². The predicted molar refractivity (Wildman–Crippen MR) is 84.5 cm³/mol. The Hall–Kier alpha value is -2.11. The molecule has 0 saturated heterocycles. The number of hydrogen-bond acceptors (Lipinski definition) is 5. The minimum absolute atomic E-state index is 0.311. The van der Waals surface area contributed by atoms with E-state index in [1.165, 1.54) is 6.07 Å². The van der Waals surface area contributed by atoms with Gasteiger partial charge in [-0.15, -0.1) is 0 Å². The monoisotopic (exact) mass is 338 g/mol. The van der Waals surface area contributed by atoms with Crippen molar-refractivity contribution in [2.75, 3.05) is 6.61 Å². The number of rotatable bonds is 5. The smallest absolute Gasteiger partial charge is 0.372 e. The highest BCUT2D eigenvalue weighted by atomic mass is 35.5. The summed E-state index contributed by atoms with van der Waals surface area (Å²) in [4.78, 5) is 20.3. The Bertz CT molecular complexity index is 690. The van der Waals surface area contributed by atoms with Crippen molar-refractivity contribution in [1.82, 2.24) is 4.98 Å². The molecule has 0 amide bonds. The van der Waals surface area contributed by atoms with Gasteiger partial charge < -0.3 is 9.57 Å². The molecule has 1 heterocycles. The van der Waals surface area contributed by atoms with E-state index in [0.29, 0.717) is 21.5 Å². The molecule has 2 aromatic rings. The average molecular weight is 339 g/mol. The molecule has 1 aromatic carbocycles. The van der Waals surface area contributed by atoms with E-state index in [9.17, 15) is 4.79 Å². The highest BCUT2D eigenvalue weighted by Gasteiger charge is 2.08. The summed E-state index contributed by atoms with van der Waals surface area (Å²) in [5.41, 5.74) is 1.37. The fourth-order valence-corrected chi connectivity index (χ4v) is 1.98. The van der Waals surface area contributed by atoms with Gasteiger partial charge in [0.05, 0.1) is 10.7 Å². The lowest BCUT2D eigenvalue weighted by atomic mass is 10.2. The van der Waals surface area contributed by atoms with E-state index in [2.05, 4.69) is 10.1 Å². The lowest BCUT2D eigenvalue weighted by Crippen LogP contribution is -2.13. The number of oxime groups is 1. The second-order valence-electron chi connectivity index (χ2n) is 4.24. The second-order valence-corrected chi connectivity index (χ2v) is 5.08. The molecule has 0 unspecified atom stereocenters. The van der Waals surface area contributed by atoms with Gasteiger partial charge in [-0.1, -0.05) is 28.4 Å². The molecule has 0 radical (unpaired) electrons. The van der Waals surface area contributed by atoms with Crippen molar-refractivity contribution in [2.24, 2.45) is 5.16 Å². The van der Waals surface area contributed by atoms with Gasteiger partial charge in [-0.25, -0.2) is 4.79 Å². The molecule has 22 heavy (non-hydrogen) atoms. The number of benzene rings is 1. The first-order chi connectivity index (χ1) is 10.6. The van der Waals surface area contributed by atoms with Crippen molar-refractivity contribution in [3.8, 4) is 5.75 Å². The molecule has 0 aliphatic heterocycles. The zero-order valence-electron chi connectivity index (χ0n) is 11.6. The van der Waals surface area contributed by atoms with Gasteiger partial charge in [-0.05, 0) is 37.3 Å². The van der Waals surface area contributed by atoms with Gasteiger partial charge in [0.25, 0.3) is 0 Å². The number of nitrogens with zero attached hydrogens (tertiary/aromatic N) is 2. The van der Waals surface area contributed by atoms with E-state index in [4.69, 9.17) is 32.8 Å². The number of carbonyl (C=O) groups is 1. The zero-order chi connectivity index (χ0) is 15.9. The standard InChI is InChI=1S/C15H12Cl2N2O3/c1-10(11-4-6-18-7-5-11)19-22-15(20)9-21-14-3-2-12(16)8-13(14)17/h2-8H,9H2,1H3/b19-10+. The maximum absolute atomic E-state index is 11.6. The number of pyridine rings is 1. The van der Waals surface area contributed by atoms with Crippen molar-refractivity contribution in [1.29, 1.82) is 0 Å². The maximum atomic E-state index is 11.6. The van der Waals surface area contributed by atoms with E-state index >= 15 is 0 Å². The van der Waals surface area contributed by atoms with E-state index in [1.54, 1.807) is 43.6 Å². The highest BCUT2D eigenvalue weighted by Crippen LogP contribution is 2.27. The van der Waals surface area contributed by atoms with Crippen LogP contribution in [0, 0.1) is 0 Å². The third-order valence-corrected chi connectivity index (χ3v) is 3.15. The summed E-state index contributed by atoms with van der Waals surface area (Å²) < 4.78 is 5.25. The molecule has 0 spiro atoms. The van der Waals surface area contributed by atoms with E-state index in [0.717, 1.165) is 5.56 Å². The fourth-order valence-electron chi connectivity index (χ4n) is 1.52. The first-order valence-corrected chi connectivity index (χ1v) is 7.04. The minimum Gasteiger partial charge on any atom is -0.480 e. The number of halogens is 2. The van der Waals surface area contributed by atoms with Gasteiger partial charge in [0, 0.05) is 23.0 Å². The van der Waals surface area contributed by atoms with Crippen LogP contribution in [0.4, 0.5) is 0 Å². The second kappa shape index (κ2) is 7.77. The van der Waals surface area contributed by atoms with E-state index < -0.39 is 5.97 Å². The molecular weight excluding hydrogens is 327 g/mol. The molecule has 1 aromatic heterocycles. The summed E-state index contributed by atoms with van der Waals surface area (Å²) in [6.45, 7) is 1.41. The van der Waals surface area contributed by atoms with Crippen LogP contribution in [0.3, 0.4) is 0 Å². The summed E-state index contributed by atoms with van der Waals surface area (Å²) in [7, 11) is 0. The zero-order valence-corrected chi connectivity index (χ0v) is 13.1. The number of aromatic nitrogens is 1. The first kappa shape index (κ1) is 16.3. The Balaban J connectivity index is 1.88. The van der Waals surface area contributed by atoms with Crippen LogP contribution in [0.5, 0.6) is 5.75 Å². The molecule has 0 aliphatic rings. The van der Waals surface area contributed by atoms with Gasteiger partial charge in [-0.3, -0.25) is 4.98 Å². The van der Waals surface area contributed by atoms with Crippen LogP contribution in [-0.4, -0.2) is 23.3 Å². The minimum atomic E-state index is -0.639. The Morgan fingerprint density at radius 1 is 1.23 bits per heavy atom. The third kappa shape index (κ3) is 4.72. The largest absolute Gasteiger partial charge is 0.480 e. The predicted octanol–water partition coefficient (Wildman–Crippen LogP) is 3.73. The van der Waals surface area contributed by atoms with Crippen LogP contribution < -0.4 is 4.74 Å². The van der Waals surface area contributed by atoms with Gasteiger partial charge in [-0.2, -0.15) is 0 Å². The van der Waals surface area contributed by atoms with Crippen molar-refractivity contribution in [2.45, 2.75) is 6.92 Å². The summed E-state index contributed by atoms with van der Waals surface area (Å²) in [5, 5.41) is 4.55. The SMILES string of the molecule is C/C(=N\OC(=O)COc1ccc(Cl)cc1Cl)c1ccncc1. The van der Waals surface area contributed by atoms with Gasteiger partial charge >= 0.3 is 5.97 Å². The van der Waals surface area contributed by atoms with Crippen LogP contribution in [-0.2, 0) is 9.63 Å². The van der Waals surface area contributed by atoms with Crippen LogP contribution in [0.15, 0.2) is 47.9 Å². The van der Waals surface area contributed by atoms with Crippen molar-refractivity contribution in [3.63, 3.8) is 0 Å². The Morgan fingerprint density at radius 2 is 1.95 bits per heavy atom. The molecule has 7 heteroatoms. The third-order valence-electron chi connectivity index (χ3n) is 2.62. The molecule has 0 N–H and O–H groups in total. The van der Waals surface area contributed by atoms with Crippen LogP contribution in [0.1, 0.15) is 12.5 Å². The molecule has 0 bridgehead atoms. The van der Waals surface area contributed by atoms with Gasteiger partial charge in [0.15, 0.2) is 6.61 Å². The quantitative estimate of drug-likeness (QED) is 0.473. The molecule has 2 rings (SSSR count). The lowest BCUT2D eigenvalue weighted by molar-refractivity contribution is -0.146. The topological polar surface area (TPSA) is 60.8 Å². The normalized spacial score (nSPS) is 11.1. The number of ether oxygens (including phenoxy) is 1. The fraction of sp³-hybridized carbons (Fsp3) is 0.133. The molecule has 0 fully saturated rings. The average Bonchev–Trinajstić information content (AvgIpc) is 2.52. The Labute approximate surface area is 137 Å². The summed E-state index contributed by atoms with van der Waals surface area (Å²) in [6, 6.07) is 8.23. The number of carbonyl (C=O) groups excluding carboxylic acids is 1. The van der Waals surface area contributed by atoms with Crippen molar-refractivity contribution in [3.05, 3.63) is 58.3 Å². The Kier molecular flexibility index (Phi) is 5.75. The van der Waals surface area contributed by atoms with Gasteiger partial charge in [0.1, 0.15) is 5.75 Å². The lowest BCUT2D eigenvalue weighted by Gasteiger charge is -2.06. The maximum Gasteiger partial charge on any atom is 0.372 e. The van der Waals surface area contributed by atoms with Crippen molar-refractivity contribution >= 4 is 34.9 Å². The summed E-state index contributed by atoms with van der Waals surface area (Å²) in [6.07, 6.45) is 3.25. The molecule has 114 valence electrons. The summed E-state index contributed by atoms with van der Waals surface area (Å²) in [5.74, 6) is -0.294. The van der Waals surface area contributed by atoms with E-state index in [-0.39, 0.29) is 6.61 Å². The molecule has 0 atom stereocenters. The number of hydrogen-bond donors (Lipinski definition) is 0. The van der Waals surface area contributed by atoms with Crippen LogP contribution >= 0.6 is 23.2 Å². The van der Waals surface area contributed by atoms with Crippen LogP contribution in [0.2, 0.25) is 10.0 Å². The van der Waals surface area contributed by atoms with E-state index in [1.807, 2.05) is 0 Å².